The topological polar surface area (TPSA) is 77.9 Å². The Bertz CT molecular complexity index is 1420. The van der Waals surface area contributed by atoms with Crippen LogP contribution in [0.4, 0.5) is 0 Å². The number of hydrogen-bond donors (Lipinski definition) is 1. The van der Waals surface area contributed by atoms with Crippen molar-refractivity contribution in [2.24, 2.45) is 0 Å². The molecule has 0 aliphatic rings. The minimum absolute atomic E-state index is 0.589. The summed E-state index contributed by atoms with van der Waals surface area (Å²) in [6, 6.07) is 16.3. The van der Waals surface area contributed by atoms with Gasteiger partial charge in [0.15, 0.2) is 0 Å². The van der Waals surface area contributed by atoms with Gasteiger partial charge in [-0.1, -0.05) is 30.3 Å². The minimum atomic E-state index is 0.589. The van der Waals surface area contributed by atoms with E-state index in [4.69, 9.17) is 19.6 Å². The van der Waals surface area contributed by atoms with E-state index >= 15 is 0 Å². The lowest BCUT2D eigenvalue weighted by atomic mass is 9.99. The van der Waals surface area contributed by atoms with Crippen molar-refractivity contribution in [3.63, 3.8) is 0 Å². The largest absolute Gasteiger partial charge is 0.497 e. The lowest BCUT2D eigenvalue weighted by Gasteiger charge is -2.13. The summed E-state index contributed by atoms with van der Waals surface area (Å²) in [6.07, 6.45) is 3.60. The van der Waals surface area contributed by atoms with Crippen LogP contribution in [0.3, 0.4) is 0 Å². The summed E-state index contributed by atoms with van der Waals surface area (Å²) in [5.41, 5.74) is 8.72. The van der Waals surface area contributed by atoms with E-state index < -0.39 is 0 Å². The van der Waals surface area contributed by atoms with E-state index in [-0.39, 0.29) is 0 Å². The van der Waals surface area contributed by atoms with Crippen LogP contribution >= 0.6 is 0 Å². The zero-order valence-electron chi connectivity index (χ0n) is 19.1. The van der Waals surface area contributed by atoms with Crippen LogP contribution in [0.2, 0.25) is 0 Å². The Labute approximate surface area is 192 Å². The van der Waals surface area contributed by atoms with Crippen LogP contribution in [-0.2, 0) is 6.54 Å². The van der Waals surface area contributed by atoms with Gasteiger partial charge in [-0.05, 0) is 42.7 Å². The van der Waals surface area contributed by atoms with E-state index in [2.05, 4.69) is 36.2 Å². The van der Waals surface area contributed by atoms with Crippen molar-refractivity contribution in [2.75, 3.05) is 14.2 Å². The highest BCUT2D eigenvalue weighted by atomic mass is 16.5. The smallest absolute Gasteiger partial charge is 0.147 e. The van der Waals surface area contributed by atoms with Crippen molar-refractivity contribution in [3.05, 3.63) is 77.6 Å². The van der Waals surface area contributed by atoms with Crippen molar-refractivity contribution in [2.45, 2.75) is 20.4 Å². The fourth-order valence-corrected chi connectivity index (χ4v) is 4.03. The van der Waals surface area contributed by atoms with Crippen molar-refractivity contribution < 1.29 is 9.47 Å². The third kappa shape index (κ3) is 3.71. The Balaban J connectivity index is 1.71. The molecule has 0 amide bonds. The zero-order chi connectivity index (χ0) is 22.9. The maximum absolute atomic E-state index is 5.80. The summed E-state index contributed by atoms with van der Waals surface area (Å²) in [7, 11) is 3.34. The number of ether oxygens (including phenoxy) is 2. The van der Waals surface area contributed by atoms with Gasteiger partial charge in [0.25, 0.3) is 0 Å². The number of aryl methyl sites for hydroxylation is 1. The molecule has 0 unspecified atom stereocenters. The third-order valence-corrected chi connectivity index (χ3v) is 6.03. The summed E-state index contributed by atoms with van der Waals surface area (Å²) in [5, 5.41) is 11.9. The van der Waals surface area contributed by atoms with Crippen LogP contribution in [0, 0.1) is 13.8 Å². The standard InChI is InChI=1S/C26H25N5O2/c1-16-6-5-7-21(17(16)2)25-23(33-4)12-22-26(29-25)24(19-13-27-28-14-19)30-31(22)15-18-8-10-20(32-3)11-9-18/h5-14H,15H2,1-4H3,(H,27,28). The van der Waals surface area contributed by atoms with Gasteiger partial charge in [-0.15, -0.1) is 0 Å². The van der Waals surface area contributed by atoms with Crippen molar-refractivity contribution in [1.29, 1.82) is 0 Å². The molecule has 3 heterocycles. The quantitative estimate of drug-likeness (QED) is 0.395. The number of nitrogens with zero attached hydrogens (tertiary/aromatic N) is 4. The van der Waals surface area contributed by atoms with E-state index in [0.29, 0.717) is 12.3 Å². The Hall–Kier alpha value is -4.13. The average Bonchev–Trinajstić information content (AvgIpc) is 3.49. The van der Waals surface area contributed by atoms with E-state index in [1.54, 1.807) is 20.4 Å². The highest BCUT2D eigenvalue weighted by molar-refractivity contribution is 5.93. The molecule has 0 saturated heterocycles. The normalized spacial score (nSPS) is 11.2. The first-order chi connectivity index (χ1) is 16.1. The fourth-order valence-electron chi connectivity index (χ4n) is 4.03. The molecule has 0 bridgehead atoms. The number of fused-ring (bicyclic) bond motifs is 1. The monoisotopic (exact) mass is 439 g/mol. The number of benzene rings is 2. The fraction of sp³-hybridized carbons (Fsp3) is 0.192. The molecule has 2 aromatic carbocycles. The molecular formula is C26H25N5O2. The molecule has 0 saturated carbocycles. The molecule has 0 spiro atoms. The van der Waals surface area contributed by atoms with E-state index in [1.165, 1.54) is 11.1 Å². The molecule has 3 aromatic heterocycles. The van der Waals surface area contributed by atoms with Crippen LogP contribution in [0.25, 0.3) is 33.5 Å². The number of rotatable bonds is 6. The molecule has 1 N–H and O–H groups in total. The summed E-state index contributed by atoms with van der Waals surface area (Å²) >= 11 is 0. The SMILES string of the molecule is COc1ccc(Cn2nc(-c3cn[nH]c3)c3nc(-c4cccc(C)c4C)c(OC)cc32)cc1. The van der Waals surface area contributed by atoms with E-state index in [0.717, 1.165) is 44.9 Å². The number of nitrogens with one attached hydrogen (secondary N) is 1. The summed E-state index contributed by atoms with van der Waals surface area (Å²) in [6.45, 7) is 4.81. The molecule has 0 atom stereocenters. The Kier molecular flexibility index (Phi) is 5.30. The number of pyridine rings is 1. The molecule has 0 radical (unpaired) electrons. The van der Waals surface area contributed by atoms with Crippen LogP contribution in [0.1, 0.15) is 16.7 Å². The molecule has 5 rings (SSSR count). The van der Waals surface area contributed by atoms with Crippen molar-refractivity contribution >= 4 is 11.0 Å². The van der Waals surface area contributed by atoms with Crippen molar-refractivity contribution in [3.8, 4) is 34.0 Å². The van der Waals surface area contributed by atoms with Gasteiger partial charge in [-0.3, -0.25) is 9.78 Å². The molecule has 7 nitrogen and oxygen atoms in total. The number of aromatic amines is 1. The molecule has 0 aliphatic heterocycles. The van der Waals surface area contributed by atoms with Gasteiger partial charge >= 0.3 is 0 Å². The number of aromatic nitrogens is 5. The molecular weight excluding hydrogens is 414 g/mol. The molecule has 7 heteroatoms. The highest BCUT2D eigenvalue weighted by Crippen LogP contribution is 2.37. The van der Waals surface area contributed by atoms with Gasteiger partial charge in [0.2, 0.25) is 0 Å². The van der Waals surface area contributed by atoms with Gasteiger partial charge in [0, 0.05) is 23.4 Å². The van der Waals surface area contributed by atoms with Crippen molar-refractivity contribution in [1.82, 2.24) is 25.0 Å². The maximum atomic E-state index is 5.80. The zero-order valence-corrected chi connectivity index (χ0v) is 19.1. The number of methoxy groups -OCH3 is 2. The number of H-pyrrole nitrogens is 1. The van der Waals surface area contributed by atoms with Gasteiger partial charge in [-0.2, -0.15) is 10.2 Å². The number of hydrogen-bond acceptors (Lipinski definition) is 5. The second-order valence-electron chi connectivity index (χ2n) is 8.00. The lowest BCUT2D eigenvalue weighted by molar-refractivity contribution is 0.414. The molecule has 0 aliphatic carbocycles. The lowest BCUT2D eigenvalue weighted by Crippen LogP contribution is -2.02. The van der Waals surface area contributed by atoms with Crippen LogP contribution < -0.4 is 9.47 Å². The second-order valence-corrected chi connectivity index (χ2v) is 8.00. The predicted octanol–water partition coefficient (Wildman–Crippen LogP) is 5.17. The molecule has 33 heavy (non-hydrogen) atoms. The van der Waals surface area contributed by atoms with E-state index in [1.807, 2.05) is 47.3 Å². The van der Waals surface area contributed by atoms with Gasteiger partial charge in [0.05, 0.1) is 32.5 Å². The van der Waals surface area contributed by atoms with Gasteiger partial charge < -0.3 is 9.47 Å². The maximum Gasteiger partial charge on any atom is 0.147 e. The predicted molar refractivity (Wildman–Crippen MR) is 129 cm³/mol. The van der Waals surface area contributed by atoms with Crippen LogP contribution in [0.5, 0.6) is 11.5 Å². The molecule has 5 aromatic rings. The Morgan fingerprint density at radius 1 is 0.970 bits per heavy atom. The summed E-state index contributed by atoms with van der Waals surface area (Å²) in [5.74, 6) is 1.54. The summed E-state index contributed by atoms with van der Waals surface area (Å²) < 4.78 is 13.0. The van der Waals surface area contributed by atoms with E-state index in [9.17, 15) is 0 Å². The van der Waals surface area contributed by atoms with Crippen LogP contribution in [-0.4, -0.2) is 39.2 Å². The molecule has 0 fully saturated rings. The Morgan fingerprint density at radius 3 is 2.48 bits per heavy atom. The van der Waals surface area contributed by atoms with Crippen LogP contribution in [0.15, 0.2) is 60.9 Å². The molecule has 166 valence electrons. The average molecular weight is 440 g/mol. The first-order valence-corrected chi connectivity index (χ1v) is 10.7. The Morgan fingerprint density at radius 2 is 1.79 bits per heavy atom. The first-order valence-electron chi connectivity index (χ1n) is 10.7. The van der Waals surface area contributed by atoms with Gasteiger partial charge in [-0.25, -0.2) is 4.98 Å². The third-order valence-electron chi connectivity index (χ3n) is 6.03. The second kappa shape index (κ2) is 8.43. The van der Waals surface area contributed by atoms with Gasteiger partial charge in [0.1, 0.15) is 28.4 Å². The minimum Gasteiger partial charge on any atom is -0.497 e. The first kappa shape index (κ1) is 20.8. The summed E-state index contributed by atoms with van der Waals surface area (Å²) in [4.78, 5) is 5.09. The highest BCUT2D eigenvalue weighted by Gasteiger charge is 2.20.